The van der Waals surface area contributed by atoms with Gasteiger partial charge in [-0.3, -0.25) is 4.98 Å². The summed E-state index contributed by atoms with van der Waals surface area (Å²) in [6, 6.07) is 18.6. The van der Waals surface area contributed by atoms with Crippen LogP contribution in [0.25, 0.3) is 28.3 Å². The third-order valence-electron chi connectivity index (χ3n) is 5.61. The zero-order valence-electron chi connectivity index (χ0n) is 18.5. The van der Waals surface area contributed by atoms with Gasteiger partial charge >= 0.3 is 0 Å². The van der Waals surface area contributed by atoms with Crippen molar-refractivity contribution in [2.24, 2.45) is 0 Å². The van der Waals surface area contributed by atoms with E-state index in [1.54, 1.807) is 10.8 Å². The molecule has 33 heavy (non-hydrogen) atoms. The van der Waals surface area contributed by atoms with Gasteiger partial charge in [-0.25, -0.2) is 17.6 Å². The Hall–Kier alpha value is -3.11. The number of pyridine rings is 2. The van der Waals surface area contributed by atoms with Crippen LogP contribution in [0.5, 0.6) is 0 Å². The molecule has 4 aromatic heterocycles. The molecule has 166 valence electrons. The van der Waals surface area contributed by atoms with E-state index in [0.29, 0.717) is 6.54 Å². The smallest absolute Gasteiger partial charge is 0.155 e. The van der Waals surface area contributed by atoms with Gasteiger partial charge in [0.05, 0.1) is 23.6 Å². The van der Waals surface area contributed by atoms with E-state index in [1.807, 2.05) is 43.5 Å². The number of halogens is 1. The van der Waals surface area contributed by atoms with Crippen LogP contribution >= 0.6 is 22.9 Å². The number of aromatic nitrogens is 6. The van der Waals surface area contributed by atoms with Gasteiger partial charge < -0.3 is 4.98 Å². The maximum absolute atomic E-state index is 5.00. The summed E-state index contributed by atoms with van der Waals surface area (Å²) in [7, 11) is 0. The zero-order valence-corrected chi connectivity index (χ0v) is 20.7. The van der Waals surface area contributed by atoms with Crippen molar-refractivity contribution in [1.29, 1.82) is 0 Å². The molecule has 0 aliphatic rings. The maximum atomic E-state index is 5.00. The van der Waals surface area contributed by atoms with Crippen molar-refractivity contribution < 1.29 is 0 Å². The number of rotatable bonds is 7. The van der Waals surface area contributed by atoms with Crippen LogP contribution in [0.15, 0.2) is 67.1 Å². The minimum Gasteiger partial charge on any atom is -0.339 e. The zero-order chi connectivity index (χ0) is 22.8. The number of hydrogen-bond donors (Lipinski definition) is 1. The summed E-state index contributed by atoms with van der Waals surface area (Å²) in [4.78, 5) is 17.5. The number of nitrogens with one attached hydrogen (secondary N) is 1. The van der Waals surface area contributed by atoms with Crippen molar-refractivity contribution in [3.8, 4) is 22.6 Å². The molecule has 0 fully saturated rings. The van der Waals surface area contributed by atoms with Gasteiger partial charge in [0.25, 0.3) is 0 Å². The molecule has 0 saturated heterocycles. The van der Waals surface area contributed by atoms with E-state index >= 15 is 0 Å². The van der Waals surface area contributed by atoms with Gasteiger partial charge in [-0.15, -0.1) is 0 Å². The van der Waals surface area contributed by atoms with Crippen molar-refractivity contribution >= 4 is 28.5 Å². The number of fused-ring (bicyclic) bond motifs is 1. The molecule has 0 radical (unpaired) electrons. The van der Waals surface area contributed by atoms with E-state index < -0.39 is 0 Å². The van der Waals surface area contributed by atoms with Gasteiger partial charge in [0.2, 0.25) is 0 Å². The third kappa shape index (κ3) is 4.67. The molecule has 1 aromatic carbocycles. The summed E-state index contributed by atoms with van der Waals surface area (Å²) in [6.07, 6.45) is 4.54. The number of imidazole rings is 1. The van der Waals surface area contributed by atoms with Crippen molar-refractivity contribution in [2.45, 2.75) is 33.4 Å². The molecule has 0 atom stereocenters. The molecule has 7 nitrogen and oxygen atoms in total. The fourth-order valence-electron chi connectivity index (χ4n) is 3.99. The van der Waals surface area contributed by atoms with E-state index in [9.17, 15) is 0 Å². The summed E-state index contributed by atoms with van der Waals surface area (Å²) in [5.74, 6) is 0.894. The first-order valence-corrected chi connectivity index (χ1v) is 11.9. The largest absolute Gasteiger partial charge is 0.339 e. The summed E-state index contributed by atoms with van der Waals surface area (Å²) in [5, 5.41) is 4.28. The van der Waals surface area contributed by atoms with Crippen LogP contribution < -0.4 is 0 Å². The second kappa shape index (κ2) is 9.40. The average Bonchev–Trinajstić information content (AvgIpc) is 3.46. The number of nitrogens with zero attached hydrogens (tertiary/aromatic N) is 6. The molecule has 0 aliphatic carbocycles. The quantitative estimate of drug-likeness (QED) is 0.217. The van der Waals surface area contributed by atoms with Gasteiger partial charge in [0, 0.05) is 46.9 Å². The summed E-state index contributed by atoms with van der Waals surface area (Å²) >= 11 is 2.38. The summed E-state index contributed by atoms with van der Waals surface area (Å²) in [5.41, 5.74) is 8.10. The number of aryl methyl sites for hydroxylation is 2. The fourth-order valence-corrected chi connectivity index (χ4v) is 4.68. The topological polar surface area (TPSA) is 75.0 Å². The average molecular weight is 549 g/mol. The van der Waals surface area contributed by atoms with Gasteiger partial charge in [0.15, 0.2) is 5.65 Å². The molecule has 8 heteroatoms. The van der Waals surface area contributed by atoms with Crippen LogP contribution in [0.4, 0.5) is 0 Å². The highest BCUT2D eigenvalue weighted by Crippen LogP contribution is 2.30. The Morgan fingerprint density at radius 1 is 0.970 bits per heavy atom. The Balaban J connectivity index is 1.50. The van der Waals surface area contributed by atoms with E-state index in [1.165, 1.54) is 11.1 Å². The molecular weight excluding hydrogens is 525 g/mol. The first-order valence-electron chi connectivity index (χ1n) is 10.9. The van der Waals surface area contributed by atoms with Crippen molar-refractivity contribution in [2.75, 3.05) is 0 Å². The highest BCUT2D eigenvalue weighted by atomic mass is 127. The molecule has 0 amide bonds. The van der Waals surface area contributed by atoms with E-state index in [4.69, 9.17) is 9.97 Å². The Bertz CT molecular complexity index is 1400. The SMILES string of the molecule is CCc1ccccc1CN(I)Cc1nc(-c2ccc3ncnn3c2)c(-c2cccc(C)n2)[nH]1. The lowest BCUT2D eigenvalue weighted by Gasteiger charge is -2.15. The van der Waals surface area contributed by atoms with Crippen LogP contribution in [-0.4, -0.2) is 32.7 Å². The van der Waals surface area contributed by atoms with Crippen LogP contribution in [0.1, 0.15) is 29.6 Å². The van der Waals surface area contributed by atoms with Crippen molar-refractivity contribution in [1.82, 2.24) is 32.7 Å². The molecule has 5 rings (SSSR count). The Morgan fingerprint density at radius 3 is 2.64 bits per heavy atom. The van der Waals surface area contributed by atoms with E-state index in [2.05, 4.69) is 72.2 Å². The molecule has 1 N–H and O–H groups in total. The Morgan fingerprint density at radius 2 is 1.82 bits per heavy atom. The van der Waals surface area contributed by atoms with Gasteiger partial charge in [-0.2, -0.15) is 5.10 Å². The Labute approximate surface area is 206 Å². The van der Waals surface area contributed by atoms with Crippen molar-refractivity contribution in [3.05, 3.63) is 89.8 Å². The monoisotopic (exact) mass is 549 g/mol. The molecule has 0 spiro atoms. The van der Waals surface area contributed by atoms with Crippen LogP contribution in [0.3, 0.4) is 0 Å². The number of aromatic amines is 1. The molecule has 0 bridgehead atoms. The van der Waals surface area contributed by atoms with Gasteiger partial charge in [0.1, 0.15) is 12.2 Å². The molecule has 0 saturated carbocycles. The molecule has 4 heterocycles. The van der Waals surface area contributed by atoms with E-state index in [0.717, 1.165) is 52.8 Å². The van der Waals surface area contributed by atoms with Crippen LogP contribution in [-0.2, 0) is 19.5 Å². The van der Waals surface area contributed by atoms with Gasteiger partial charge in [-0.05, 0) is 48.7 Å². The predicted octanol–water partition coefficient (Wildman–Crippen LogP) is 5.40. The molecule has 5 aromatic rings. The number of H-pyrrole nitrogens is 1. The van der Waals surface area contributed by atoms with Crippen LogP contribution in [0.2, 0.25) is 0 Å². The molecule has 0 unspecified atom stereocenters. The van der Waals surface area contributed by atoms with Gasteiger partial charge in [-0.1, -0.05) is 37.3 Å². The number of benzene rings is 1. The Kier molecular flexibility index (Phi) is 6.19. The molecular formula is C25H24IN7. The third-order valence-corrected chi connectivity index (χ3v) is 6.29. The van der Waals surface area contributed by atoms with Crippen LogP contribution in [0, 0.1) is 6.92 Å². The lowest BCUT2D eigenvalue weighted by atomic mass is 10.1. The summed E-state index contributed by atoms with van der Waals surface area (Å²) in [6.45, 7) is 5.73. The second-order valence-corrected chi connectivity index (χ2v) is 9.32. The minimum atomic E-state index is 0.684. The normalized spacial score (nSPS) is 11.5. The summed E-state index contributed by atoms with van der Waals surface area (Å²) < 4.78 is 4.02. The van der Waals surface area contributed by atoms with E-state index in [-0.39, 0.29) is 0 Å². The lowest BCUT2D eigenvalue weighted by Crippen LogP contribution is -2.13. The van der Waals surface area contributed by atoms with Crippen molar-refractivity contribution in [3.63, 3.8) is 0 Å². The highest BCUT2D eigenvalue weighted by molar-refractivity contribution is 14.1. The number of hydrogen-bond acceptors (Lipinski definition) is 5. The predicted molar refractivity (Wildman–Crippen MR) is 138 cm³/mol. The second-order valence-electron chi connectivity index (χ2n) is 7.95. The molecule has 0 aliphatic heterocycles. The fraction of sp³-hybridized carbons (Fsp3) is 0.200. The standard InChI is InChI=1S/C25H24IN7/c1-3-18-8-4-5-9-19(18)13-32(26)15-22-30-24(20-11-12-23-27-16-28-33(23)14-20)25(31-22)21-10-6-7-17(2)29-21/h4-12,14,16H,3,13,15H2,1-2H3,(H,30,31). The maximum Gasteiger partial charge on any atom is 0.155 e. The highest BCUT2D eigenvalue weighted by Gasteiger charge is 2.18. The first-order chi connectivity index (χ1) is 16.1. The minimum absolute atomic E-state index is 0.684. The lowest BCUT2D eigenvalue weighted by molar-refractivity contribution is 0.488. The first kappa shape index (κ1) is 21.7.